The van der Waals surface area contributed by atoms with Crippen LogP contribution in [0.4, 0.5) is 0 Å². The molecule has 3 aromatic rings. The molecule has 3 rings (SSSR count). The monoisotopic (exact) mass is 257 g/mol. The van der Waals surface area contributed by atoms with Gasteiger partial charge < -0.3 is 4.74 Å². The SMILES string of the molecule is Clc1ccc(Oc2cccc3ncccc23)nn1. The molecule has 5 heteroatoms. The minimum absolute atomic E-state index is 0.335. The lowest BCUT2D eigenvalue weighted by atomic mass is 10.2. The maximum absolute atomic E-state index is 5.67. The number of benzene rings is 1. The second-order valence-corrected chi connectivity index (χ2v) is 4.01. The summed E-state index contributed by atoms with van der Waals surface area (Å²) in [4.78, 5) is 4.26. The number of ether oxygens (including phenoxy) is 1. The van der Waals surface area contributed by atoms with E-state index < -0.39 is 0 Å². The third-order valence-corrected chi connectivity index (χ3v) is 2.63. The van der Waals surface area contributed by atoms with Gasteiger partial charge in [-0.15, -0.1) is 10.2 Å². The van der Waals surface area contributed by atoms with E-state index in [4.69, 9.17) is 16.3 Å². The van der Waals surface area contributed by atoms with Crippen LogP contribution < -0.4 is 4.74 Å². The Morgan fingerprint density at radius 3 is 2.72 bits per heavy atom. The topological polar surface area (TPSA) is 47.9 Å². The van der Waals surface area contributed by atoms with Gasteiger partial charge in [0.25, 0.3) is 0 Å². The fourth-order valence-electron chi connectivity index (χ4n) is 1.63. The summed E-state index contributed by atoms with van der Waals surface area (Å²) >= 11 is 5.67. The summed E-state index contributed by atoms with van der Waals surface area (Å²) in [5, 5.41) is 8.85. The molecule has 0 N–H and O–H groups in total. The van der Waals surface area contributed by atoms with Gasteiger partial charge in [0.2, 0.25) is 5.88 Å². The fraction of sp³-hybridized carbons (Fsp3) is 0. The molecule has 0 saturated heterocycles. The van der Waals surface area contributed by atoms with Crippen LogP contribution in [0.15, 0.2) is 48.7 Å². The molecule has 0 amide bonds. The maximum Gasteiger partial charge on any atom is 0.238 e. The van der Waals surface area contributed by atoms with E-state index in [0.717, 1.165) is 10.9 Å². The van der Waals surface area contributed by atoms with E-state index in [2.05, 4.69) is 15.2 Å². The van der Waals surface area contributed by atoms with Gasteiger partial charge in [-0.25, -0.2) is 0 Å². The van der Waals surface area contributed by atoms with Crippen LogP contribution in [-0.4, -0.2) is 15.2 Å². The Bertz CT molecular complexity index is 680. The molecule has 2 heterocycles. The molecular weight excluding hydrogens is 250 g/mol. The number of rotatable bonds is 2. The Hall–Kier alpha value is -2.20. The highest BCUT2D eigenvalue weighted by Gasteiger charge is 2.04. The van der Waals surface area contributed by atoms with Crippen molar-refractivity contribution >= 4 is 22.5 Å². The number of hydrogen-bond acceptors (Lipinski definition) is 4. The van der Waals surface area contributed by atoms with Gasteiger partial charge in [-0.05, 0) is 30.3 Å². The molecule has 0 radical (unpaired) electrons. The van der Waals surface area contributed by atoms with E-state index in [-0.39, 0.29) is 0 Å². The zero-order chi connectivity index (χ0) is 12.4. The van der Waals surface area contributed by atoms with Crippen LogP contribution in [0, 0.1) is 0 Å². The Morgan fingerprint density at radius 2 is 1.89 bits per heavy atom. The molecule has 0 aliphatic carbocycles. The largest absolute Gasteiger partial charge is 0.437 e. The van der Waals surface area contributed by atoms with Gasteiger partial charge >= 0.3 is 0 Å². The smallest absolute Gasteiger partial charge is 0.238 e. The van der Waals surface area contributed by atoms with Gasteiger partial charge in [-0.1, -0.05) is 17.7 Å². The first-order valence-corrected chi connectivity index (χ1v) is 5.71. The summed E-state index contributed by atoms with van der Waals surface area (Å²) in [5.74, 6) is 1.09. The highest BCUT2D eigenvalue weighted by atomic mass is 35.5. The van der Waals surface area contributed by atoms with Gasteiger partial charge in [0.1, 0.15) is 5.75 Å². The van der Waals surface area contributed by atoms with Crippen LogP contribution in [0.5, 0.6) is 11.6 Å². The number of halogens is 1. The normalized spacial score (nSPS) is 10.5. The Balaban J connectivity index is 2.02. The highest BCUT2D eigenvalue weighted by Crippen LogP contribution is 2.27. The molecule has 0 atom stereocenters. The van der Waals surface area contributed by atoms with Crippen molar-refractivity contribution < 1.29 is 4.74 Å². The van der Waals surface area contributed by atoms with Gasteiger partial charge in [0.15, 0.2) is 5.15 Å². The summed E-state index contributed by atoms with van der Waals surface area (Å²) in [5.41, 5.74) is 0.872. The van der Waals surface area contributed by atoms with Gasteiger partial charge in [-0.2, -0.15) is 0 Å². The number of fused-ring (bicyclic) bond motifs is 1. The molecule has 18 heavy (non-hydrogen) atoms. The van der Waals surface area contributed by atoms with E-state index in [1.54, 1.807) is 18.3 Å². The van der Waals surface area contributed by atoms with E-state index in [1.165, 1.54) is 0 Å². The van der Waals surface area contributed by atoms with Crippen molar-refractivity contribution in [3.63, 3.8) is 0 Å². The highest BCUT2D eigenvalue weighted by molar-refractivity contribution is 6.29. The summed E-state index contributed by atoms with van der Waals surface area (Å²) in [6.45, 7) is 0. The van der Waals surface area contributed by atoms with Crippen LogP contribution in [0.25, 0.3) is 10.9 Å². The number of nitrogens with zero attached hydrogens (tertiary/aromatic N) is 3. The van der Waals surface area contributed by atoms with E-state index in [9.17, 15) is 0 Å². The molecule has 1 aromatic carbocycles. The van der Waals surface area contributed by atoms with Crippen LogP contribution >= 0.6 is 11.6 Å². The molecule has 88 valence electrons. The van der Waals surface area contributed by atoms with Gasteiger partial charge in [0.05, 0.1) is 5.52 Å². The van der Waals surface area contributed by atoms with Crippen LogP contribution in [0.2, 0.25) is 5.15 Å². The first-order valence-electron chi connectivity index (χ1n) is 5.34. The molecule has 0 fully saturated rings. The molecular formula is C13H8ClN3O. The minimum atomic E-state index is 0.335. The first-order chi connectivity index (χ1) is 8.83. The van der Waals surface area contributed by atoms with E-state index >= 15 is 0 Å². The van der Waals surface area contributed by atoms with Crippen LogP contribution in [0.1, 0.15) is 0 Å². The van der Waals surface area contributed by atoms with Crippen molar-refractivity contribution in [2.75, 3.05) is 0 Å². The lowest BCUT2D eigenvalue weighted by Gasteiger charge is -2.06. The summed E-state index contributed by atoms with van der Waals surface area (Å²) in [6.07, 6.45) is 1.74. The average molecular weight is 258 g/mol. The first kappa shape index (κ1) is 10.9. The van der Waals surface area contributed by atoms with Crippen molar-refractivity contribution in [3.8, 4) is 11.6 Å². The number of hydrogen-bond donors (Lipinski definition) is 0. The second-order valence-electron chi connectivity index (χ2n) is 3.62. The molecule has 0 spiro atoms. The number of aromatic nitrogens is 3. The Labute approximate surface area is 108 Å². The van der Waals surface area contributed by atoms with Crippen LogP contribution in [0.3, 0.4) is 0 Å². The molecule has 0 saturated carbocycles. The van der Waals surface area contributed by atoms with Crippen LogP contribution in [-0.2, 0) is 0 Å². The molecule has 0 aliphatic heterocycles. The molecule has 2 aromatic heterocycles. The fourth-order valence-corrected chi connectivity index (χ4v) is 1.74. The molecule has 0 bridgehead atoms. The summed E-state index contributed by atoms with van der Waals surface area (Å²) < 4.78 is 5.67. The minimum Gasteiger partial charge on any atom is -0.437 e. The zero-order valence-corrected chi connectivity index (χ0v) is 10.0. The molecule has 4 nitrogen and oxygen atoms in total. The third kappa shape index (κ3) is 2.10. The average Bonchev–Trinajstić information content (AvgIpc) is 2.42. The quantitative estimate of drug-likeness (QED) is 0.705. The maximum atomic E-state index is 5.67. The van der Waals surface area contributed by atoms with Crippen molar-refractivity contribution in [2.24, 2.45) is 0 Å². The Kier molecular flexibility index (Phi) is 2.78. The van der Waals surface area contributed by atoms with Crippen molar-refractivity contribution in [3.05, 3.63) is 53.8 Å². The number of pyridine rings is 1. The summed E-state index contributed by atoms with van der Waals surface area (Å²) in [7, 11) is 0. The van der Waals surface area contributed by atoms with Crippen molar-refractivity contribution in [2.45, 2.75) is 0 Å². The lowest BCUT2D eigenvalue weighted by Crippen LogP contribution is -1.91. The predicted octanol–water partition coefficient (Wildman–Crippen LogP) is 3.47. The standard InChI is InChI=1S/C13H8ClN3O/c14-12-6-7-13(17-16-12)18-11-5-1-4-10-9(11)3-2-8-15-10/h1-8H. The lowest BCUT2D eigenvalue weighted by molar-refractivity contribution is 0.460. The molecule has 0 unspecified atom stereocenters. The van der Waals surface area contributed by atoms with Crippen molar-refractivity contribution in [1.82, 2.24) is 15.2 Å². The Morgan fingerprint density at radius 1 is 0.944 bits per heavy atom. The van der Waals surface area contributed by atoms with Gasteiger partial charge in [0, 0.05) is 17.6 Å². The van der Waals surface area contributed by atoms with E-state index in [0.29, 0.717) is 16.8 Å². The second kappa shape index (κ2) is 4.58. The third-order valence-electron chi connectivity index (χ3n) is 2.43. The summed E-state index contributed by atoms with van der Waals surface area (Å²) in [6, 6.07) is 12.8. The van der Waals surface area contributed by atoms with Gasteiger partial charge in [-0.3, -0.25) is 4.98 Å². The predicted molar refractivity (Wildman–Crippen MR) is 68.9 cm³/mol. The van der Waals surface area contributed by atoms with Crippen molar-refractivity contribution in [1.29, 1.82) is 0 Å². The van der Waals surface area contributed by atoms with E-state index in [1.807, 2.05) is 30.3 Å². The zero-order valence-electron chi connectivity index (χ0n) is 9.25. The molecule has 0 aliphatic rings.